The van der Waals surface area contributed by atoms with Crippen molar-refractivity contribution < 1.29 is 18.1 Å². The van der Waals surface area contributed by atoms with Gasteiger partial charge in [-0.05, 0) is 37.0 Å². The molecule has 10 heteroatoms. The lowest BCUT2D eigenvalue weighted by molar-refractivity contribution is -0.384. The van der Waals surface area contributed by atoms with Crippen LogP contribution in [0.1, 0.15) is 24.8 Å². The molecule has 0 heterocycles. The van der Waals surface area contributed by atoms with E-state index in [1.165, 1.54) is 17.7 Å². The molecular formula is C19H24N4O5S. The molecule has 0 aromatic heterocycles. The normalized spacial score (nSPS) is 11.1. The molecule has 156 valence electrons. The van der Waals surface area contributed by atoms with E-state index >= 15 is 0 Å². The zero-order valence-corrected chi connectivity index (χ0v) is 16.7. The number of rotatable bonds is 11. The van der Waals surface area contributed by atoms with Gasteiger partial charge in [-0.1, -0.05) is 30.3 Å². The molecule has 29 heavy (non-hydrogen) atoms. The fourth-order valence-corrected chi connectivity index (χ4v) is 3.25. The SMILES string of the molecule is NS(=O)(=O)c1ccc(NCCC(=O)NCCCCc2ccccc2)c([N+](=O)[O-])c1. The number of benzene rings is 2. The number of sulfonamides is 1. The summed E-state index contributed by atoms with van der Waals surface area (Å²) in [4.78, 5) is 22.0. The van der Waals surface area contributed by atoms with Gasteiger partial charge in [-0.25, -0.2) is 13.6 Å². The van der Waals surface area contributed by atoms with E-state index < -0.39 is 20.6 Å². The van der Waals surface area contributed by atoms with Crippen LogP contribution >= 0.6 is 0 Å². The molecule has 2 aromatic rings. The maximum atomic E-state index is 11.9. The molecule has 0 aliphatic heterocycles. The Kier molecular flexibility index (Phi) is 8.10. The lowest BCUT2D eigenvalue weighted by atomic mass is 10.1. The summed E-state index contributed by atoms with van der Waals surface area (Å²) in [5, 5.41) is 21.7. The number of nitro benzene ring substituents is 1. The highest BCUT2D eigenvalue weighted by atomic mass is 32.2. The highest BCUT2D eigenvalue weighted by Gasteiger charge is 2.19. The summed E-state index contributed by atoms with van der Waals surface area (Å²) in [6.07, 6.45) is 2.91. The number of carbonyl (C=O) groups is 1. The first-order chi connectivity index (χ1) is 13.8. The number of hydrogen-bond donors (Lipinski definition) is 3. The van der Waals surface area contributed by atoms with Gasteiger partial charge >= 0.3 is 0 Å². The predicted octanol–water partition coefficient (Wildman–Crippen LogP) is 2.18. The second-order valence-corrected chi connectivity index (χ2v) is 8.01. The largest absolute Gasteiger partial charge is 0.379 e. The van der Waals surface area contributed by atoms with Crippen molar-refractivity contribution in [3.63, 3.8) is 0 Å². The molecule has 1 amide bonds. The van der Waals surface area contributed by atoms with E-state index in [1.807, 2.05) is 18.2 Å². The first-order valence-electron chi connectivity index (χ1n) is 9.13. The summed E-state index contributed by atoms with van der Waals surface area (Å²) in [7, 11) is -4.04. The molecule has 2 aromatic carbocycles. The maximum Gasteiger partial charge on any atom is 0.293 e. The highest BCUT2D eigenvalue weighted by Crippen LogP contribution is 2.27. The van der Waals surface area contributed by atoms with Crippen LogP contribution in [-0.2, 0) is 21.2 Å². The first-order valence-corrected chi connectivity index (χ1v) is 10.7. The van der Waals surface area contributed by atoms with Crippen LogP contribution in [0.2, 0.25) is 0 Å². The van der Waals surface area contributed by atoms with Gasteiger partial charge in [-0.2, -0.15) is 0 Å². The summed E-state index contributed by atoms with van der Waals surface area (Å²) in [5.41, 5.74) is 0.967. The van der Waals surface area contributed by atoms with Crippen LogP contribution in [0, 0.1) is 10.1 Å². The van der Waals surface area contributed by atoms with Crippen LogP contribution in [-0.4, -0.2) is 32.3 Å². The maximum absolute atomic E-state index is 11.9. The topological polar surface area (TPSA) is 144 Å². The standard InChI is InChI=1S/C19H24N4O5S/c20-29(27,28)16-9-10-17(18(14-16)23(25)26)21-13-11-19(24)22-12-5-4-8-15-6-2-1-3-7-15/h1-3,6-7,9-10,14,21H,4-5,8,11-13H2,(H,22,24)(H2,20,27,28). The minimum Gasteiger partial charge on any atom is -0.379 e. The van der Waals surface area contributed by atoms with Gasteiger partial charge in [-0.15, -0.1) is 0 Å². The van der Waals surface area contributed by atoms with Gasteiger partial charge in [-0.3, -0.25) is 14.9 Å². The molecule has 0 spiro atoms. The van der Waals surface area contributed by atoms with Crippen LogP contribution in [0.3, 0.4) is 0 Å². The molecule has 0 aliphatic carbocycles. The van der Waals surface area contributed by atoms with Crippen molar-refractivity contribution in [3.05, 3.63) is 64.2 Å². The second-order valence-electron chi connectivity index (χ2n) is 6.45. The number of unbranched alkanes of at least 4 members (excludes halogenated alkanes) is 1. The Balaban J connectivity index is 1.73. The molecule has 0 radical (unpaired) electrons. The quantitative estimate of drug-likeness (QED) is 0.289. The van der Waals surface area contributed by atoms with Crippen molar-refractivity contribution in [2.24, 2.45) is 5.14 Å². The van der Waals surface area contributed by atoms with Crippen LogP contribution in [0.25, 0.3) is 0 Å². The third-order valence-corrected chi connectivity index (χ3v) is 5.13. The minimum absolute atomic E-state index is 0.123. The average Bonchev–Trinajstić information content (AvgIpc) is 2.67. The smallest absolute Gasteiger partial charge is 0.293 e. The zero-order chi connectivity index (χ0) is 21.3. The van der Waals surface area contributed by atoms with Gasteiger partial charge in [0.2, 0.25) is 15.9 Å². The molecule has 0 saturated heterocycles. The number of amides is 1. The molecule has 9 nitrogen and oxygen atoms in total. The highest BCUT2D eigenvalue weighted by molar-refractivity contribution is 7.89. The Morgan fingerprint density at radius 1 is 1.07 bits per heavy atom. The molecule has 0 unspecified atom stereocenters. The molecule has 0 bridgehead atoms. The Morgan fingerprint density at radius 3 is 2.45 bits per heavy atom. The first kappa shape index (κ1) is 22.3. The molecule has 0 fully saturated rings. The van der Waals surface area contributed by atoms with E-state index in [-0.39, 0.29) is 29.5 Å². The summed E-state index contributed by atoms with van der Waals surface area (Å²) < 4.78 is 22.7. The van der Waals surface area contributed by atoms with E-state index in [0.29, 0.717) is 6.54 Å². The third kappa shape index (κ3) is 7.51. The van der Waals surface area contributed by atoms with Crippen molar-refractivity contribution in [2.45, 2.75) is 30.6 Å². The van der Waals surface area contributed by atoms with Gasteiger partial charge in [0.05, 0.1) is 9.82 Å². The van der Waals surface area contributed by atoms with Gasteiger partial charge in [0.1, 0.15) is 5.69 Å². The number of nitrogens with zero attached hydrogens (tertiary/aromatic N) is 1. The molecule has 0 saturated carbocycles. The summed E-state index contributed by atoms with van der Waals surface area (Å²) in [6.45, 7) is 0.736. The molecule has 0 aliphatic rings. The predicted molar refractivity (Wildman–Crippen MR) is 110 cm³/mol. The number of nitro groups is 1. The second kappa shape index (κ2) is 10.5. The van der Waals surface area contributed by atoms with E-state index in [1.54, 1.807) is 0 Å². The Morgan fingerprint density at radius 2 is 1.79 bits per heavy atom. The zero-order valence-electron chi connectivity index (χ0n) is 15.8. The number of primary sulfonamides is 1. The van der Waals surface area contributed by atoms with Crippen molar-refractivity contribution in [1.29, 1.82) is 0 Å². The number of anilines is 1. The number of carbonyl (C=O) groups excluding carboxylic acids is 1. The summed E-state index contributed by atoms with van der Waals surface area (Å²) in [5.74, 6) is -0.166. The van der Waals surface area contributed by atoms with Gasteiger partial charge in [0.15, 0.2) is 0 Å². The molecule has 2 rings (SSSR count). The van der Waals surface area contributed by atoms with E-state index in [0.717, 1.165) is 25.3 Å². The Hall–Kier alpha value is -2.98. The molecule has 0 atom stereocenters. The number of nitrogens with one attached hydrogen (secondary N) is 2. The number of hydrogen-bond acceptors (Lipinski definition) is 6. The summed E-state index contributed by atoms with van der Waals surface area (Å²) in [6, 6.07) is 13.4. The van der Waals surface area contributed by atoms with Gasteiger partial charge in [0.25, 0.3) is 5.69 Å². The summed E-state index contributed by atoms with van der Waals surface area (Å²) >= 11 is 0. The lowest BCUT2D eigenvalue weighted by Crippen LogP contribution is -2.26. The van der Waals surface area contributed by atoms with E-state index in [2.05, 4.69) is 22.8 Å². The Bertz CT molecular complexity index is 948. The lowest BCUT2D eigenvalue weighted by Gasteiger charge is -2.09. The molecule has 4 N–H and O–H groups in total. The van der Waals surface area contributed by atoms with Gasteiger partial charge < -0.3 is 10.6 Å². The van der Waals surface area contributed by atoms with Crippen molar-refractivity contribution in [3.8, 4) is 0 Å². The van der Waals surface area contributed by atoms with Crippen molar-refractivity contribution in [2.75, 3.05) is 18.4 Å². The minimum atomic E-state index is -4.04. The number of aryl methyl sites for hydroxylation is 1. The van der Waals surface area contributed by atoms with Crippen LogP contribution in [0.4, 0.5) is 11.4 Å². The van der Waals surface area contributed by atoms with E-state index in [9.17, 15) is 23.3 Å². The van der Waals surface area contributed by atoms with Gasteiger partial charge in [0, 0.05) is 25.6 Å². The van der Waals surface area contributed by atoms with Crippen molar-refractivity contribution in [1.82, 2.24) is 5.32 Å². The van der Waals surface area contributed by atoms with Crippen LogP contribution in [0.15, 0.2) is 53.4 Å². The Labute approximate surface area is 169 Å². The monoisotopic (exact) mass is 420 g/mol. The van der Waals surface area contributed by atoms with Crippen LogP contribution in [0.5, 0.6) is 0 Å². The third-order valence-electron chi connectivity index (χ3n) is 4.22. The van der Waals surface area contributed by atoms with Crippen LogP contribution < -0.4 is 15.8 Å². The number of nitrogens with two attached hydrogens (primary N) is 1. The van der Waals surface area contributed by atoms with E-state index in [4.69, 9.17) is 5.14 Å². The average molecular weight is 420 g/mol. The fourth-order valence-electron chi connectivity index (χ4n) is 2.71. The molecular weight excluding hydrogens is 396 g/mol. The van der Waals surface area contributed by atoms with Crippen molar-refractivity contribution >= 4 is 27.3 Å². The fraction of sp³-hybridized carbons (Fsp3) is 0.316.